The van der Waals surface area contributed by atoms with Gasteiger partial charge >= 0.3 is 0 Å². The van der Waals surface area contributed by atoms with E-state index in [4.69, 9.17) is 0 Å². The molecule has 0 bridgehead atoms. The summed E-state index contributed by atoms with van der Waals surface area (Å²) < 4.78 is 1.65. The molecule has 0 fully saturated rings. The summed E-state index contributed by atoms with van der Waals surface area (Å²) in [5.41, 5.74) is 4.60. The van der Waals surface area contributed by atoms with E-state index >= 15 is 0 Å². The Balaban J connectivity index is 1.80. The topological polar surface area (TPSA) is 66.8 Å². The number of carbonyl (C=O) groups excluding carboxylic acids is 1. The molecule has 1 aromatic carbocycles. The number of aryl methyl sites for hydroxylation is 2. The number of nitrogens with one attached hydrogen (secondary N) is 1. The maximum atomic E-state index is 12.7. The van der Waals surface area contributed by atoms with Crippen LogP contribution < -0.4 is 0 Å². The van der Waals surface area contributed by atoms with Crippen LogP contribution in [0.2, 0.25) is 0 Å². The van der Waals surface area contributed by atoms with Gasteiger partial charge in [-0.25, -0.2) is 4.98 Å². The number of hydrogen-bond donors (Lipinski definition) is 1. The normalized spacial score (nSPS) is 11.4. The Kier molecular flexibility index (Phi) is 4.13. The van der Waals surface area contributed by atoms with Gasteiger partial charge in [-0.1, -0.05) is 19.9 Å². The molecule has 1 N–H and O–H groups in total. The van der Waals surface area contributed by atoms with Crippen molar-refractivity contribution < 1.29 is 4.79 Å². The minimum Gasteiger partial charge on any atom is -0.340 e. The second-order valence-corrected chi connectivity index (χ2v) is 6.60. The molecule has 0 aliphatic heterocycles. The van der Waals surface area contributed by atoms with Crippen LogP contribution in [0.4, 0.5) is 0 Å². The predicted molar refractivity (Wildman–Crippen MR) is 93.9 cm³/mol. The quantitative estimate of drug-likeness (QED) is 0.802. The lowest BCUT2D eigenvalue weighted by Crippen LogP contribution is -2.28. The van der Waals surface area contributed by atoms with Crippen molar-refractivity contribution in [2.45, 2.75) is 33.2 Å². The van der Waals surface area contributed by atoms with Gasteiger partial charge in [0.15, 0.2) is 0 Å². The molecule has 6 nitrogen and oxygen atoms in total. The van der Waals surface area contributed by atoms with E-state index in [1.54, 1.807) is 23.7 Å². The number of hydrogen-bond acceptors (Lipinski definition) is 3. The van der Waals surface area contributed by atoms with Gasteiger partial charge in [0.1, 0.15) is 11.5 Å². The number of amides is 1. The third-order valence-electron chi connectivity index (χ3n) is 4.13. The van der Waals surface area contributed by atoms with Crippen LogP contribution in [0.5, 0.6) is 0 Å². The number of nitrogens with zero attached hydrogens (tertiary/aromatic N) is 4. The van der Waals surface area contributed by atoms with Crippen LogP contribution in [0, 0.1) is 6.92 Å². The minimum atomic E-state index is -0.0615. The molecular formula is C18H23N5O. The van der Waals surface area contributed by atoms with Crippen molar-refractivity contribution >= 4 is 16.9 Å². The van der Waals surface area contributed by atoms with Crippen LogP contribution in [0.15, 0.2) is 24.3 Å². The molecule has 0 spiro atoms. The molecule has 1 amide bonds. The van der Waals surface area contributed by atoms with E-state index < -0.39 is 0 Å². The molecule has 6 heteroatoms. The smallest absolute Gasteiger partial charge is 0.272 e. The van der Waals surface area contributed by atoms with Crippen molar-refractivity contribution in [3.05, 3.63) is 47.0 Å². The van der Waals surface area contributed by atoms with Crippen LogP contribution >= 0.6 is 0 Å². The number of rotatable bonds is 4. The van der Waals surface area contributed by atoms with E-state index in [2.05, 4.69) is 35.0 Å². The summed E-state index contributed by atoms with van der Waals surface area (Å²) in [6.07, 6.45) is 0. The summed E-state index contributed by atoms with van der Waals surface area (Å²) in [5.74, 6) is 1.01. The second-order valence-electron chi connectivity index (χ2n) is 6.60. The number of aromatic amines is 1. The van der Waals surface area contributed by atoms with Gasteiger partial charge in [0, 0.05) is 14.1 Å². The van der Waals surface area contributed by atoms with E-state index in [-0.39, 0.29) is 5.91 Å². The third kappa shape index (κ3) is 3.04. The van der Waals surface area contributed by atoms with E-state index in [0.29, 0.717) is 18.2 Å². The SMILES string of the molecule is Cc1ccc2nc(CN(C)C(=O)c3cc(C(C)C)nn3C)[nH]c2c1. The maximum Gasteiger partial charge on any atom is 0.272 e. The van der Waals surface area contributed by atoms with Crippen LogP contribution in [-0.2, 0) is 13.6 Å². The van der Waals surface area contributed by atoms with E-state index in [1.165, 1.54) is 5.56 Å². The van der Waals surface area contributed by atoms with Crippen LogP contribution in [-0.4, -0.2) is 37.6 Å². The molecule has 3 aromatic rings. The number of carbonyl (C=O) groups is 1. The monoisotopic (exact) mass is 325 g/mol. The summed E-state index contributed by atoms with van der Waals surface area (Å²) >= 11 is 0. The van der Waals surface area contributed by atoms with Gasteiger partial charge in [-0.3, -0.25) is 9.48 Å². The van der Waals surface area contributed by atoms with Crippen molar-refractivity contribution in [1.29, 1.82) is 0 Å². The number of benzene rings is 1. The van der Waals surface area contributed by atoms with Gasteiger partial charge in [-0.05, 0) is 36.6 Å². The summed E-state index contributed by atoms with van der Waals surface area (Å²) in [7, 11) is 3.58. The van der Waals surface area contributed by atoms with Gasteiger partial charge in [-0.15, -0.1) is 0 Å². The first-order chi connectivity index (χ1) is 11.3. The molecule has 0 aliphatic rings. The van der Waals surface area contributed by atoms with E-state index in [1.807, 2.05) is 25.1 Å². The fraction of sp³-hybridized carbons (Fsp3) is 0.389. The number of fused-ring (bicyclic) bond motifs is 1. The molecule has 0 radical (unpaired) electrons. The van der Waals surface area contributed by atoms with Crippen molar-refractivity contribution in [2.24, 2.45) is 7.05 Å². The van der Waals surface area contributed by atoms with Crippen LogP contribution in [0.25, 0.3) is 11.0 Å². The Labute approximate surface area is 141 Å². The average molecular weight is 325 g/mol. The molecule has 0 saturated heterocycles. The zero-order valence-electron chi connectivity index (χ0n) is 14.8. The molecule has 24 heavy (non-hydrogen) atoms. The molecule has 2 heterocycles. The van der Waals surface area contributed by atoms with E-state index in [0.717, 1.165) is 22.6 Å². The van der Waals surface area contributed by atoms with Crippen molar-refractivity contribution in [3.8, 4) is 0 Å². The molecular weight excluding hydrogens is 302 g/mol. The Bertz CT molecular complexity index is 890. The highest BCUT2D eigenvalue weighted by molar-refractivity contribution is 5.92. The first-order valence-electron chi connectivity index (χ1n) is 8.10. The number of H-pyrrole nitrogens is 1. The molecule has 0 saturated carbocycles. The zero-order valence-corrected chi connectivity index (χ0v) is 14.8. The largest absolute Gasteiger partial charge is 0.340 e. The lowest BCUT2D eigenvalue weighted by atomic mass is 10.1. The maximum absolute atomic E-state index is 12.7. The molecule has 0 aliphatic carbocycles. The number of imidazole rings is 1. The molecule has 126 valence electrons. The van der Waals surface area contributed by atoms with E-state index in [9.17, 15) is 4.79 Å². The summed E-state index contributed by atoms with van der Waals surface area (Å²) in [4.78, 5) is 22.2. The molecule has 0 unspecified atom stereocenters. The summed E-state index contributed by atoms with van der Waals surface area (Å²) in [5, 5.41) is 4.41. The second kappa shape index (κ2) is 6.11. The molecule has 2 aromatic heterocycles. The standard InChI is InChI=1S/C18H23N5O/c1-11(2)14-9-16(23(5)21-14)18(24)22(4)10-17-19-13-7-6-12(3)8-15(13)20-17/h6-9,11H,10H2,1-5H3,(H,19,20). The van der Waals surface area contributed by atoms with Crippen LogP contribution in [0.3, 0.4) is 0 Å². The Morgan fingerprint density at radius 3 is 2.75 bits per heavy atom. The van der Waals surface area contributed by atoms with Gasteiger partial charge in [0.05, 0.1) is 23.3 Å². The minimum absolute atomic E-state index is 0.0615. The Hall–Kier alpha value is -2.63. The molecule has 3 rings (SSSR count). The lowest BCUT2D eigenvalue weighted by molar-refractivity contribution is 0.0771. The fourth-order valence-corrected chi connectivity index (χ4v) is 2.71. The third-order valence-corrected chi connectivity index (χ3v) is 4.13. The van der Waals surface area contributed by atoms with Crippen molar-refractivity contribution in [2.75, 3.05) is 7.05 Å². The first kappa shape index (κ1) is 16.2. The van der Waals surface area contributed by atoms with Crippen molar-refractivity contribution in [3.63, 3.8) is 0 Å². The number of aromatic nitrogens is 4. The fourth-order valence-electron chi connectivity index (χ4n) is 2.71. The highest BCUT2D eigenvalue weighted by atomic mass is 16.2. The van der Waals surface area contributed by atoms with Crippen LogP contribution in [0.1, 0.15) is 47.3 Å². The Morgan fingerprint density at radius 1 is 1.33 bits per heavy atom. The summed E-state index contributed by atoms with van der Waals surface area (Å²) in [6, 6.07) is 7.95. The zero-order chi connectivity index (χ0) is 17.4. The highest BCUT2D eigenvalue weighted by Gasteiger charge is 2.19. The summed E-state index contributed by atoms with van der Waals surface area (Å²) in [6.45, 7) is 6.60. The highest BCUT2D eigenvalue weighted by Crippen LogP contribution is 2.17. The van der Waals surface area contributed by atoms with Gasteiger partial charge in [0.25, 0.3) is 5.91 Å². The van der Waals surface area contributed by atoms with Gasteiger partial charge in [-0.2, -0.15) is 5.10 Å². The van der Waals surface area contributed by atoms with Gasteiger partial charge < -0.3 is 9.88 Å². The predicted octanol–water partition coefficient (Wildman–Crippen LogP) is 3.00. The van der Waals surface area contributed by atoms with Gasteiger partial charge in [0.2, 0.25) is 0 Å². The first-order valence-corrected chi connectivity index (χ1v) is 8.10. The Morgan fingerprint density at radius 2 is 2.08 bits per heavy atom. The lowest BCUT2D eigenvalue weighted by Gasteiger charge is -2.15. The average Bonchev–Trinajstić information content (AvgIpc) is 3.09. The van der Waals surface area contributed by atoms with Crippen molar-refractivity contribution in [1.82, 2.24) is 24.6 Å². The molecule has 0 atom stereocenters.